The highest BCUT2D eigenvalue weighted by Gasteiger charge is 2.49. The molecule has 6 nitrogen and oxygen atoms in total. The molecule has 0 saturated carbocycles. The third kappa shape index (κ3) is 4.60. The molecule has 0 spiro atoms. The number of nitrogens with zero attached hydrogens (tertiary/aromatic N) is 2. The zero-order valence-corrected chi connectivity index (χ0v) is 21.2. The Morgan fingerprint density at radius 2 is 1.92 bits per heavy atom. The van der Waals surface area contributed by atoms with E-state index >= 15 is 4.39 Å². The smallest absolute Gasteiger partial charge is 0.301 e. The van der Waals surface area contributed by atoms with Gasteiger partial charge in [-0.3, -0.25) is 14.5 Å². The molecule has 2 heterocycles. The van der Waals surface area contributed by atoms with Gasteiger partial charge in [0.05, 0.1) is 22.4 Å². The second-order valence-corrected chi connectivity index (χ2v) is 9.90. The Labute approximate surface area is 217 Å². The van der Waals surface area contributed by atoms with E-state index in [0.717, 1.165) is 23.1 Å². The zero-order chi connectivity index (χ0) is 26.1. The van der Waals surface area contributed by atoms with Crippen LogP contribution in [0.2, 0.25) is 0 Å². The molecule has 1 atom stereocenters. The molecule has 1 aliphatic heterocycles. The van der Waals surface area contributed by atoms with Gasteiger partial charge in [0.1, 0.15) is 23.4 Å². The molecule has 188 valence electrons. The van der Waals surface area contributed by atoms with Crippen molar-refractivity contribution in [3.63, 3.8) is 0 Å². The average Bonchev–Trinajstić information content (AvgIpc) is 3.42. The molecule has 3 aromatic carbocycles. The molecule has 1 amide bonds. The van der Waals surface area contributed by atoms with Crippen LogP contribution in [0.3, 0.4) is 0 Å². The van der Waals surface area contributed by atoms with E-state index in [9.17, 15) is 14.7 Å². The summed E-state index contributed by atoms with van der Waals surface area (Å²) >= 11 is 1.24. The molecule has 1 fully saturated rings. The number of aromatic nitrogens is 1. The quantitative estimate of drug-likeness (QED) is 0.130. The first-order valence-corrected chi connectivity index (χ1v) is 12.9. The van der Waals surface area contributed by atoms with Gasteiger partial charge in [0.15, 0.2) is 5.13 Å². The van der Waals surface area contributed by atoms with Crippen LogP contribution in [0.1, 0.15) is 42.5 Å². The average molecular weight is 517 g/mol. The summed E-state index contributed by atoms with van der Waals surface area (Å²) in [4.78, 5) is 32.5. The molecule has 1 saturated heterocycles. The Bertz CT molecular complexity index is 1540. The third-order valence-electron chi connectivity index (χ3n) is 6.26. The molecule has 1 aliphatic rings. The number of amides is 1. The van der Waals surface area contributed by atoms with Crippen LogP contribution in [-0.2, 0) is 9.59 Å². The standard InChI is InChI=1S/C29H25FN2O4S/c1-3-4-14-36-19-9-7-8-18(16-19)26(33)24-25(20-10-5-6-11-21(20)30)32(28(35)27(24)34)29-31-22-13-12-17(2)15-23(22)37-29/h5-13,15-16,25,33H,3-4,14H2,1-2H3. The van der Waals surface area contributed by atoms with Crippen molar-refractivity contribution in [2.75, 3.05) is 11.5 Å². The van der Waals surface area contributed by atoms with Crippen LogP contribution in [0.5, 0.6) is 5.75 Å². The van der Waals surface area contributed by atoms with Crippen molar-refractivity contribution < 1.29 is 23.8 Å². The number of halogens is 1. The summed E-state index contributed by atoms with van der Waals surface area (Å²) in [5, 5.41) is 11.6. The van der Waals surface area contributed by atoms with Gasteiger partial charge in [0, 0.05) is 11.1 Å². The molecule has 37 heavy (non-hydrogen) atoms. The molecule has 0 radical (unpaired) electrons. The van der Waals surface area contributed by atoms with Gasteiger partial charge in [-0.25, -0.2) is 9.37 Å². The molecule has 0 aliphatic carbocycles. The predicted octanol–water partition coefficient (Wildman–Crippen LogP) is 6.55. The second kappa shape index (κ2) is 10.1. The number of rotatable bonds is 7. The fraction of sp³-hybridized carbons (Fsp3) is 0.207. The molecule has 8 heteroatoms. The largest absolute Gasteiger partial charge is 0.507 e. The first-order chi connectivity index (χ1) is 17.9. The number of carbonyl (C=O) groups excluding carboxylic acids is 2. The Balaban J connectivity index is 1.66. The Hall–Kier alpha value is -4.04. The van der Waals surface area contributed by atoms with Gasteiger partial charge in [-0.05, 0) is 49.2 Å². The summed E-state index contributed by atoms with van der Waals surface area (Å²) in [5.41, 5.74) is 1.88. The van der Waals surface area contributed by atoms with Crippen molar-refractivity contribution in [1.29, 1.82) is 0 Å². The lowest BCUT2D eigenvalue weighted by atomic mass is 9.95. The van der Waals surface area contributed by atoms with Gasteiger partial charge in [-0.15, -0.1) is 0 Å². The van der Waals surface area contributed by atoms with Crippen LogP contribution in [0.15, 0.2) is 72.3 Å². The lowest BCUT2D eigenvalue weighted by molar-refractivity contribution is -0.132. The van der Waals surface area contributed by atoms with E-state index in [0.29, 0.717) is 23.4 Å². The number of Topliss-reactive ketones (excluding diaryl/α,β-unsaturated/α-hetero) is 1. The lowest BCUT2D eigenvalue weighted by Crippen LogP contribution is -2.29. The maximum absolute atomic E-state index is 15.1. The predicted molar refractivity (Wildman–Crippen MR) is 142 cm³/mol. The molecule has 1 N–H and O–H groups in total. The van der Waals surface area contributed by atoms with Gasteiger partial charge in [0.2, 0.25) is 0 Å². The van der Waals surface area contributed by atoms with Crippen molar-refractivity contribution in [3.8, 4) is 5.75 Å². The van der Waals surface area contributed by atoms with Gasteiger partial charge in [-0.2, -0.15) is 0 Å². The first kappa shape index (κ1) is 24.6. The maximum Gasteiger partial charge on any atom is 0.301 e. The fourth-order valence-electron chi connectivity index (χ4n) is 4.37. The maximum atomic E-state index is 15.1. The number of thiazole rings is 1. The van der Waals surface area contributed by atoms with E-state index < -0.39 is 29.3 Å². The van der Waals surface area contributed by atoms with E-state index in [1.165, 1.54) is 34.4 Å². The Kier molecular flexibility index (Phi) is 6.76. The SMILES string of the molecule is CCCCOc1cccc(C(O)=C2C(=O)C(=O)N(c3nc4ccc(C)cc4s3)C2c2ccccc2F)c1. The van der Waals surface area contributed by atoms with Crippen LogP contribution < -0.4 is 9.64 Å². The van der Waals surface area contributed by atoms with E-state index in [1.807, 2.05) is 25.1 Å². The van der Waals surface area contributed by atoms with Crippen LogP contribution in [0.25, 0.3) is 16.0 Å². The zero-order valence-electron chi connectivity index (χ0n) is 20.4. The highest BCUT2D eigenvalue weighted by Crippen LogP contribution is 2.45. The minimum absolute atomic E-state index is 0.0917. The number of ether oxygens (including phenoxy) is 1. The minimum Gasteiger partial charge on any atom is -0.507 e. The van der Waals surface area contributed by atoms with Crippen LogP contribution in [0.4, 0.5) is 9.52 Å². The number of hydrogen-bond donors (Lipinski definition) is 1. The minimum atomic E-state index is -1.19. The van der Waals surface area contributed by atoms with E-state index in [1.54, 1.807) is 30.3 Å². The molecule has 1 unspecified atom stereocenters. The lowest BCUT2D eigenvalue weighted by Gasteiger charge is -2.23. The number of aliphatic hydroxyl groups is 1. The monoisotopic (exact) mass is 516 g/mol. The number of benzene rings is 3. The molecule has 0 bridgehead atoms. The Morgan fingerprint density at radius 3 is 2.70 bits per heavy atom. The van der Waals surface area contributed by atoms with E-state index in [4.69, 9.17) is 4.74 Å². The van der Waals surface area contributed by atoms with Crippen molar-refractivity contribution in [2.45, 2.75) is 32.7 Å². The number of aliphatic hydroxyl groups excluding tert-OH is 1. The summed E-state index contributed by atoms with van der Waals surface area (Å²) in [6.07, 6.45) is 1.84. The number of carbonyl (C=O) groups is 2. The fourth-order valence-corrected chi connectivity index (χ4v) is 5.46. The van der Waals surface area contributed by atoms with Crippen LogP contribution in [0, 0.1) is 12.7 Å². The first-order valence-electron chi connectivity index (χ1n) is 12.0. The highest BCUT2D eigenvalue weighted by atomic mass is 32.1. The van der Waals surface area contributed by atoms with E-state index in [2.05, 4.69) is 11.9 Å². The number of fused-ring (bicyclic) bond motifs is 1. The second-order valence-electron chi connectivity index (χ2n) is 8.89. The van der Waals surface area contributed by atoms with Crippen molar-refractivity contribution >= 4 is 44.1 Å². The number of anilines is 1. The van der Waals surface area contributed by atoms with Gasteiger partial charge >= 0.3 is 5.91 Å². The number of hydrogen-bond acceptors (Lipinski definition) is 6. The summed E-state index contributed by atoms with van der Waals surface area (Å²) in [6.45, 7) is 4.52. The van der Waals surface area contributed by atoms with E-state index in [-0.39, 0.29) is 16.3 Å². The van der Waals surface area contributed by atoms with Gasteiger partial charge in [-0.1, -0.05) is 61.1 Å². The number of unbranched alkanes of at least 4 members (excludes halogenated alkanes) is 1. The summed E-state index contributed by atoms with van der Waals surface area (Å²) in [6, 6.07) is 17.1. The Morgan fingerprint density at radius 1 is 1.11 bits per heavy atom. The van der Waals surface area contributed by atoms with Crippen molar-refractivity contribution in [2.24, 2.45) is 0 Å². The highest BCUT2D eigenvalue weighted by molar-refractivity contribution is 7.22. The number of aryl methyl sites for hydroxylation is 1. The van der Waals surface area contributed by atoms with Gasteiger partial charge < -0.3 is 9.84 Å². The summed E-state index contributed by atoms with van der Waals surface area (Å²) in [7, 11) is 0. The molecule has 1 aromatic heterocycles. The number of ketones is 1. The molecule has 4 aromatic rings. The van der Waals surface area contributed by atoms with Crippen LogP contribution >= 0.6 is 11.3 Å². The van der Waals surface area contributed by atoms with Crippen molar-refractivity contribution in [1.82, 2.24) is 4.98 Å². The van der Waals surface area contributed by atoms with Crippen LogP contribution in [-0.4, -0.2) is 28.4 Å². The molecular formula is C29H25FN2O4S. The van der Waals surface area contributed by atoms with Crippen molar-refractivity contribution in [3.05, 3.63) is 94.8 Å². The van der Waals surface area contributed by atoms with Gasteiger partial charge in [0.25, 0.3) is 5.78 Å². The molecular weight excluding hydrogens is 491 g/mol. The summed E-state index contributed by atoms with van der Waals surface area (Å²) in [5.74, 6) is -2.25. The molecule has 5 rings (SSSR count). The topological polar surface area (TPSA) is 79.7 Å². The third-order valence-corrected chi connectivity index (χ3v) is 7.27. The summed E-state index contributed by atoms with van der Waals surface area (Å²) < 4.78 is 21.7. The normalized spacial score (nSPS) is 17.1.